The van der Waals surface area contributed by atoms with Crippen molar-refractivity contribution >= 4 is 45.5 Å². The fourth-order valence-corrected chi connectivity index (χ4v) is 7.06. The molecule has 0 aliphatic carbocycles. The van der Waals surface area contributed by atoms with E-state index in [1.807, 2.05) is 17.7 Å². The van der Waals surface area contributed by atoms with Crippen molar-refractivity contribution in [1.82, 2.24) is 24.3 Å². The molecule has 48 heavy (non-hydrogen) atoms. The van der Waals surface area contributed by atoms with Gasteiger partial charge in [0.25, 0.3) is 5.91 Å². The highest BCUT2D eigenvalue weighted by Crippen LogP contribution is 2.42. The van der Waals surface area contributed by atoms with Gasteiger partial charge in [0.05, 0.1) is 48.2 Å². The number of nitrogens with one attached hydrogen (secondary N) is 1. The zero-order chi connectivity index (χ0) is 34.5. The van der Waals surface area contributed by atoms with Gasteiger partial charge in [-0.05, 0) is 51.5 Å². The van der Waals surface area contributed by atoms with Crippen LogP contribution < -0.4 is 20.7 Å². The molecule has 0 saturated carbocycles. The van der Waals surface area contributed by atoms with E-state index in [1.54, 1.807) is 40.0 Å². The van der Waals surface area contributed by atoms with Crippen LogP contribution in [0, 0.1) is 0 Å². The molecular weight excluding hydrogens is 617 g/mol. The largest absolute Gasteiger partial charge is 0.494 e. The van der Waals surface area contributed by atoms with Crippen molar-refractivity contribution < 1.29 is 28.2 Å². The lowest BCUT2D eigenvalue weighted by molar-refractivity contribution is -0.117. The minimum absolute atomic E-state index is 0.0869. The molecule has 1 unspecified atom stereocenters. The number of aryl methyl sites for hydroxylation is 1. The molecule has 3 N–H and O–H groups in total. The average molecular weight is 662 g/mol. The van der Waals surface area contributed by atoms with Crippen LogP contribution >= 0.6 is 0 Å². The van der Waals surface area contributed by atoms with Gasteiger partial charge < -0.3 is 39.5 Å². The zero-order valence-corrected chi connectivity index (χ0v) is 28.4. The second-order valence-corrected chi connectivity index (χ2v) is 13.8. The van der Waals surface area contributed by atoms with E-state index in [-0.39, 0.29) is 43.8 Å². The van der Waals surface area contributed by atoms with Crippen LogP contribution in [0.4, 0.5) is 14.9 Å². The molecule has 2 aromatic carbocycles. The number of alkyl halides is 1. The van der Waals surface area contributed by atoms with E-state index in [0.717, 1.165) is 40.8 Å². The average Bonchev–Trinajstić information content (AvgIpc) is 3.57. The molecule has 6 rings (SSSR count). The number of rotatable bonds is 8. The Kier molecular flexibility index (Phi) is 8.73. The molecule has 4 heterocycles. The molecule has 12 nitrogen and oxygen atoms in total. The smallest absolute Gasteiger partial charge is 0.407 e. The van der Waals surface area contributed by atoms with E-state index in [9.17, 15) is 18.8 Å². The first kappa shape index (κ1) is 33.1. The lowest BCUT2D eigenvalue weighted by Crippen LogP contribution is -2.54. The number of anilines is 1. The number of benzene rings is 2. The number of imidazole rings is 1. The Morgan fingerprint density at radius 1 is 1.10 bits per heavy atom. The van der Waals surface area contributed by atoms with Crippen molar-refractivity contribution in [2.75, 3.05) is 38.2 Å². The summed E-state index contributed by atoms with van der Waals surface area (Å²) < 4.78 is 30.3. The summed E-state index contributed by atoms with van der Waals surface area (Å²) in [5.74, 6) is 0.471. The lowest BCUT2D eigenvalue weighted by atomic mass is 10.0. The minimum atomic E-state index is -1.31. The maximum absolute atomic E-state index is 14.9. The van der Waals surface area contributed by atoms with Gasteiger partial charge in [-0.25, -0.2) is 14.2 Å². The number of amides is 3. The van der Waals surface area contributed by atoms with Crippen LogP contribution in [-0.2, 0) is 16.6 Å². The molecule has 13 heteroatoms. The monoisotopic (exact) mass is 661 g/mol. The van der Waals surface area contributed by atoms with Gasteiger partial charge >= 0.3 is 6.09 Å². The molecule has 3 amide bonds. The summed E-state index contributed by atoms with van der Waals surface area (Å²) in [5.41, 5.74) is 9.45. The van der Waals surface area contributed by atoms with Gasteiger partial charge in [-0.15, -0.1) is 0 Å². The molecule has 0 spiro atoms. The summed E-state index contributed by atoms with van der Waals surface area (Å²) >= 11 is 0. The van der Waals surface area contributed by atoms with Gasteiger partial charge in [-0.3, -0.25) is 9.59 Å². The Balaban J connectivity index is 1.36. The number of ether oxygens (including phenoxy) is 2. The summed E-state index contributed by atoms with van der Waals surface area (Å²) in [6.07, 6.45) is -0.730. The molecule has 2 aliphatic heterocycles. The van der Waals surface area contributed by atoms with Crippen LogP contribution in [0.25, 0.3) is 33.5 Å². The van der Waals surface area contributed by atoms with E-state index in [4.69, 9.17) is 20.2 Å². The summed E-state index contributed by atoms with van der Waals surface area (Å²) in [6.45, 7) is 8.73. The number of aromatic nitrogens is 3. The second-order valence-electron chi connectivity index (χ2n) is 13.8. The molecular formula is C35H44FN7O5. The molecule has 1 fully saturated rings. The van der Waals surface area contributed by atoms with Crippen LogP contribution in [0.15, 0.2) is 36.4 Å². The number of alkyl carbamates (subject to hydrolysis) is 1. The SMILES string of the molecule is CCC1CN(CCC(N)=O)c2cccc3cc(-c4nc5cc(C(=O)N6C[C@H](F)C[C@@H](NC(=O)OC(C)(C)C)C6)cc(OC)c5n4C)n1c23. The number of fused-ring (bicyclic) bond motifs is 1. The first-order chi connectivity index (χ1) is 22.8. The van der Waals surface area contributed by atoms with Crippen molar-refractivity contribution in [2.45, 2.75) is 70.8 Å². The highest BCUT2D eigenvalue weighted by atomic mass is 19.1. The first-order valence-electron chi connectivity index (χ1n) is 16.4. The molecule has 4 aromatic rings. The van der Waals surface area contributed by atoms with Gasteiger partial charge in [0, 0.05) is 50.5 Å². The molecule has 3 atom stereocenters. The number of hydrogen-bond acceptors (Lipinski definition) is 7. The first-order valence-corrected chi connectivity index (χ1v) is 16.4. The van der Waals surface area contributed by atoms with E-state index in [2.05, 4.69) is 39.9 Å². The highest BCUT2D eigenvalue weighted by Gasteiger charge is 2.34. The van der Waals surface area contributed by atoms with Crippen LogP contribution in [0.3, 0.4) is 0 Å². The number of carbonyl (C=O) groups excluding carboxylic acids is 3. The molecule has 1 saturated heterocycles. The van der Waals surface area contributed by atoms with Gasteiger partial charge in [0.1, 0.15) is 23.0 Å². The van der Waals surface area contributed by atoms with E-state index in [0.29, 0.717) is 29.2 Å². The van der Waals surface area contributed by atoms with Gasteiger partial charge in [0.15, 0.2) is 5.82 Å². The third-order valence-corrected chi connectivity index (χ3v) is 9.11. The maximum Gasteiger partial charge on any atom is 0.407 e. The number of likely N-dealkylation sites (tertiary alicyclic amines) is 1. The van der Waals surface area contributed by atoms with Crippen molar-refractivity contribution in [3.8, 4) is 17.3 Å². The molecule has 0 bridgehead atoms. The number of halogens is 1. The fraction of sp³-hybridized carbons (Fsp3) is 0.486. The molecule has 0 radical (unpaired) electrons. The Morgan fingerprint density at radius 2 is 1.88 bits per heavy atom. The predicted molar refractivity (Wildman–Crippen MR) is 182 cm³/mol. The standard InChI is InChI=1S/C35H44FN7O5/c1-7-24-19-41(12-11-29(37)44)26-10-8-9-20-14-27(43(24)30(20)26)32-39-25-13-21(15-28(47-6)31(25)40(32)5)33(45)42-17-22(36)16-23(18-42)38-34(46)48-35(2,3)4/h8-10,13-15,22-24H,7,11-12,16-19H2,1-6H3,(H2,37,44)(H,38,46)/t22-,23-,24?/m1/s1. The summed E-state index contributed by atoms with van der Waals surface area (Å²) in [6, 6.07) is 11.2. The Labute approximate surface area is 278 Å². The Morgan fingerprint density at radius 3 is 2.56 bits per heavy atom. The Bertz CT molecular complexity index is 1890. The van der Waals surface area contributed by atoms with E-state index < -0.39 is 23.9 Å². The van der Waals surface area contributed by atoms with Crippen molar-refractivity contribution in [2.24, 2.45) is 12.8 Å². The Hall–Kier alpha value is -4.81. The molecule has 2 aromatic heterocycles. The number of carbonyl (C=O) groups is 3. The summed E-state index contributed by atoms with van der Waals surface area (Å²) in [7, 11) is 3.47. The highest BCUT2D eigenvalue weighted by molar-refractivity contribution is 6.01. The fourth-order valence-electron chi connectivity index (χ4n) is 7.06. The second kappa shape index (κ2) is 12.7. The third-order valence-electron chi connectivity index (χ3n) is 9.11. The summed E-state index contributed by atoms with van der Waals surface area (Å²) in [4.78, 5) is 46.6. The number of primary amides is 1. The van der Waals surface area contributed by atoms with E-state index in [1.165, 1.54) is 4.90 Å². The predicted octanol–water partition coefficient (Wildman–Crippen LogP) is 4.93. The molecule has 2 aliphatic rings. The van der Waals surface area contributed by atoms with Crippen LogP contribution in [0.1, 0.15) is 63.4 Å². The number of nitrogens with zero attached hydrogens (tertiary/aromatic N) is 5. The normalized spacial score (nSPS) is 19.5. The summed E-state index contributed by atoms with van der Waals surface area (Å²) in [5, 5.41) is 3.77. The quantitative estimate of drug-likeness (QED) is 0.273. The van der Waals surface area contributed by atoms with Crippen molar-refractivity contribution in [3.63, 3.8) is 0 Å². The van der Waals surface area contributed by atoms with Gasteiger partial charge in [-0.1, -0.05) is 19.1 Å². The maximum atomic E-state index is 14.9. The number of piperidine rings is 1. The van der Waals surface area contributed by atoms with Crippen molar-refractivity contribution in [1.29, 1.82) is 0 Å². The van der Waals surface area contributed by atoms with Crippen LogP contribution in [0.5, 0.6) is 5.75 Å². The lowest BCUT2D eigenvalue weighted by Gasteiger charge is -2.36. The zero-order valence-electron chi connectivity index (χ0n) is 28.4. The topological polar surface area (TPSA) is 137 Å². The van der Waals surface area contributed by atoms with Gasteiger partial charge in [0.2, 0.25) is 5.91 Å². The van der Waals surface area contributed by atoms with Crippen molar-refractivity contribution in [3.05, 3.63) is 42.0 Å². The number of nitrogens with two attached hydrogens (primary N) is 1. The molecule has 256 valence electrons. The van der Waals surface area contributed by atoms with Crippen LogP contribution in [0.2, 0.25) is 0 Å². The van der Waals surface area contributed by atoms with E-state index >= 15 is 0 Å². The van der Waals surface area contributed by atoms with Crippen LogP contribution in [-0.4, -0.2) is 88.0 Å². The minimum Gasteiger partial charge on any atom is -0.494 e. The number of methoxy groups -OCH3 is 1. The third kappa shape index (κ3) is 6.25. The number of hydrogen-bond donors (Lipinski definition) is 2. The number of para-hydroxylation sites is 1. The van der Waals surface area contributed by atoms with Gasteiger partial charge in [-0.2, -0.15) is 0 Å².